The first-order valence-corrected chi connectivity index (χ1v) is 6.47. The number of nitrogens with two attached hydrogens (primary N) is 1. The third-order valence-electron chi connectivity index (χ3n) is 2.70. The zero-order valence-corrected chi connectivity index (χ0v) is 11.8. The number of carbonyl (C=O) groups excluding carboxylic acids is 1. The quantitative estimate of drug-likeness (QED) is 0.850. The minimum atomic E-state index is -0.251. The van der Waals surface area contributed by atoms with E-state index in [0.717, 1.165) is 5.56 Å². The molecule has 0 saturated heterocycles. The van der Waals surface area contributed by atoms with Gasteiger partial charge in [-0.15, -0.1) is 0 Å². The number of benzene rings is 2. The summed E-state index contributed by atoms with van der Waals surface area (Å²) in [7, 11) is 0. The zero-order chi connectivity index (χ0) is 14.5. The van der Waals surface area contributed by atoms with Crippen molar-refractivity contribution in [3.8, 4) is 5.75 Å². The molecule has 3 N–H and O–H groups in total. The van der Waals surface area contributed by atoms with Crippen molar-refractivity contribution in [1.82, 2.24) is 0 Å². The molecule has 0 aliphatic rings. The molecule has 2 rings (SSSR count). The number of nitrogen functional groups attached to an aromatic ring is 1. The van der Waals surface area contributed by atoms with Crippen molar-refractivity contribution in [3.63, 3.8) is 0 Å². The molecule has 104 valence electrons. The van der Waals surface area contributed by atoms with Crippen LogP contribution < -0.4 is 15.8 Å². The van der Waals surface area contributed by atoms with E-state index in [1.165, 1.54) is 0 Å². The summed E-state index contributed by atoms with van der Waals surface area (Å²) >= 11 is 5.83. The van der Waals surface area contributed by atoms with Gasteiger partial charge in [0.05, 0.1) is 0 Å². The van der Waals surface area contributed by atoms with Crippen molar-refractivity contribution in [3.05, 3.63) is 53.1 Å². The molecule has 2 aromatic carbocycles. The Morgan fingerprint density at radius 3 is 2.85 bits per heavy atom. The standard InChI is InChI=1S/C15H15ClN2O2/c1-10-5-6-12(17)8-14(10)18-15(19)9-20-13-4-2-3-11(16)7-13/h2-8H,9,17H2,1H3,(H,18,19). The first-order valence-electron chi connectivity index (χ1n) is 6.09. The van der Waals surface area contributed by atoms with Crippen LogP contribution in [0.1, 0.15) is 5.56 Å². The minimum Gasteiger partial charge on any atom is -0.484 e. The molecule has 0 atom stereocenters. The maximum Gasteiger partial charge on any atom is 0.262 e. The van der Waals surface area contributed by atoms with E-state index < -0.39 is 0 Å². The van der Waals surface area contributed by atoms with Crippen LogP contribution in [0, 0.1) is 6.92 Å². The van der Waals surface area contributed by atoms with Gasteiger partial charge in [-0.3, -0.25) is 4.79 Å². The number of anilines is 2. The topological polar surface area (TPSA) is 64.3 Å². The maximum absolute atomic E-state index is 11.8. The normalized spacial score (nSPS) is 10.1. The summed E-state index contributed by atoms with van der Waals surface area (Å²) in [5, 5.41) is 3.32. The Labute approximate surface area is 122 Å². The Morgan fingerprint density at radius 2 is 2.10 bits per heavy atom. The van der Waals surface area contributed by atoms with Crippen LogP contribution in [-0.4, -0.2) is 12.5 Å². The molecule has 0 fully saturated rings. The number of aryl methyl sites for hydroxylation is 1. The van der Waals surface area contributed by atoms with Crippen LogP contribution in [0.3, 0.4) is 0 Å². The number of amides is 1. The van der Waals surface area contributed by atoms with Gasteiger partial charge in [-0.2, -0.15) is 0 Å². The second-order valence-corrected chi connectivity index (χ2v) is 4.81. The van der Waals surface area contributed by atoms with Gasteiger partial charge >= 0.3 is 0 Å². The molecule has 0 bridgehead atoms. The van der Waals surface area contributed by atoms with E-state index in [-0.39, 0.29) is 12.5 Å². The highest BCUT2D eigenvalue weighted by Crippen LogP contribution is 2.19. The molecule has 0 aliphatic heterocycles. The van der Waals surface area contributed by atoms with Gasteiger partial charge in [-0.25, -0.2) is 0 Å². The average molecular weight is 291 g/mol. The summed E-state index contributed by atoms with van der Waals surface area (Å²) in [4.78, 5) is 11.8. The first kappa shape index (κ1) is 14.2. The van der Waals surface area contributed by atoms with E-state index >= 15 is 0 Å². The molecule has 20 heavy (non-hydrogen) atoms. The molecule has 5 heteroatoms. The number of carbonyl (C=O) groups is 1. The zero-order valence-electron chi connectivity index (χ0n) is 11.0. The SMILES string of the molecule is Cc1ccc(N)cc1NC(=O)COc1cccc(Cl)c1. The minimum absolute atomic E-state index is 0.0887. The van der Waals surface area contributed by atoms with Crippen LogP contribution in [-0.2, 0) is 4.79 Å². The second kappa shape index (κ2) is 6.30. The van der Waals surface area contributed by atoms with Gasteiger partial charge in [0.1, 0.15) is 5.75 Å². The predicted octanol–water partition coefficient (Wildman–Crippen LogP) is 3.25. The Bertz CT molecular complexity index is 629. The van der Waals surface area contributed by atoms with Gasteiger partial charge in [0.25, 0.3) is 5.91 Å². The van der Waals surface area contributed by atoms with Crippen LogP contribution in [0.5, 0.6) is 5.75 Å². The monoisotopic (exact) mass is 290 g/mol. The summed E-state index contributed by atoms with van der Waals surface area (Å²) in [6, 6.07) is 12.2. The molecule has 2 aromatic rings. The lowest BCUT2D eigenvalue weighted by molar-refractivity contribution is -0.118. The molecule has 1 amide bonds. The van der Waals surface area contributed by atoms with Gasteiger partial charge in [-0.1, -0.05) is 23.7 Å². The number of hydrogen-bond donors (Lipinski definition) is 2. The third kappa shape index (κ3) is 3.90. The van der Waals surface area contributed by atoms with E-state index in [1.54, 1.807) is 36.4 Å². The van der Waals surface area contributed by atoms with Crippen molar-refractivity contribution >= 4 is 28.9 Å². The van der Waals surface area contributed by atoms with E-state index in [4.69, 9.17) is 22.1 Å². The maximum atomic E-state index is 11.8. The second-order valence-electron chi connectivity index (χ2n) is 4.37. The van der Waals surface area contributed by atoms with Crippen LogP contribution in [0.4, 0.5) is 11.4 Å². The smallest absolute Gasteiger partial charge is 0.262 e. The fraction of sp³-hybridized carbons (Fsp3) is 0.133. The summed E-state index contributed by atoms with van der Waals surface area (Å²) in [6.07, 6.45) is 0. The lowest BCUT2D eigenvalue weighted by atomic mass is 10.2. The molecule has 4 nitrogen and oxygen atoms in total. The Balaban J connectivity index is 1.94. The van der Waals surface area contributed by atoms with Crippen molar-refractivity contribution in [1.29, 1.82) is 0 Å². The molecule has 0 aromatic heterocycles. The number of nitrogens with one attached hydrogen (secondary N) is 1. The first-order chi connectivity index (χ1) is 9.54. The Kier molecular flexibility index (Phi) is 4.48. The molecular formula is C15H15ClN2O2. The van der Waals surface area contributed by atoms with Crippen LogP contribution in [0.25, 0.3) is 0 Å². The van der Waals surface area contributed by atoms with E-state index in [0.29, 0.717) is 22.1 Å². The van der Waals surface area contributed by atoms with Gasteiger partial charge < -0.3 is 15.8 Å². The van der Waals surface area contributed by atoms with Crippen molar-refractivity contribution < 1.29 is 9.53 Å². The number of halogens is 1. The van der Waals surface area contributed by atoms with Crippen molar-refractivity contribution in [2.24, 2.45) is 0 Å². The number of hydrogen-bond acceptors (Lipinski definition) is 3. The van der Waals surface area contributed by atoms with Crippen LogP contribution in [0.2, 0.25) is 5.02 Å². The van der Waals surface area contributed by atoms with Gasteiger partial charge in [-0.05, 0) is 42.8 Å². The number of rotatable bonds is 4. The summed E-state index contributed by atoms with van der Waals surface area (Å²) in [6.45, 7) is 1.81. The highest BCUT2D eigenvalue weighted by atomic mass is 35.5. The van der Waals surface area contributed by atoms with Crippen molar-refractivity contribution in [2.45, 2.75) is 6.92 Å². The summed E-state index contributed by atoms with van der Waals surface area (Å²) < 4.78 is 5.36. The molecular weight excluding hydrogens is 276 g/mol. The van der Waals surface area contributed by atoms with E-state index in [2.05, 4.69) is 5.32 Å². The lowest BCUT2D eigenvalue weighted by Crippen LogP contribution is -2.20. The summed E-state index contributed by atoms with van der Waals surface area (Å²) in [5.41, 5.74) is 7.91. The lowest BCUT2D eigenvalue weighted by Gasteiger charge is -2.10. The molecule has 0 heterocycles. The molecule has 0 spiro atoms. The fourth-order valence-corrected chi connectivity index (χ4v) is 1.85. The van der Waals surface area contributed by atoms with Gasteiger partial charge in [0.2, 0.25) is 0 Å². The van der Waals surface area contributed by atoms with Crippen LogP contribution >= 0.6 is 11.6 Å². The fourth-order valence-electron chi connectivity index (χ4n) is 1.67. The highest BCUT2D eigenvalue weighted by Gasteiger charge is 2.06. The number of ether oxygens (including phenoxy) is 1. The van der Waals surface area contributed by atoms with Crippen molar-refractivity contribution in [2.75, 3.05) is 17.7 Å². The van der Waals surface area contributed by atoms with Crippen LogP contribution in [0.15, 0.2) is 42.5 Å². The third-order valence-corrected chi connectivity index (χ3v) is 2.94. The van der Waals surface area contributed by atoms with E-state index in [1.807, 2.05) is 13.0 Å². The largest absolute Gasteiger partial charge is 0.484 e. The Morgan fingerprint density at radius 1 is 1.30 bits per heavy atom. The molecule has 0 saturated carbocycles. The Hall–Kier alpha value is -2.20. The molecule has 0 unspecified atom stereocenters. The predicted molar refractivity (Wildman–Crippen MR) is 81.2 cm³/mol. The highest BCUT2D eigenvalue weighted by molar-refractivity contribution is 6.30. The molecule has 0 radical (unpaired) electrons. The molecule has 0 aliphatic carbocycles. The van der Waals surface area contributed by atoms with E-state index in [9.17, 15) is 4.79 Å². The van der Waals surface area contributed by atoms with Gasteiger partial charge in [0.15, 0.2) is 6.61 Å². The average Bonchev–Trinajstić information content (AvgIpc) is 2.41. The summed E-state index contributed by atoms with van der Waals surface area (Å²) in [5.74, 6) is 0.302. The van der Waals surface area contributed by atoms with Gasteiger partial charge in [0, 0.05) is 16.4 Å².